The summed E-state index contributed by atoms with van der Waals surface area (Å²) in [4.78, 5) is 22.6. The predicted molar refractivity (Wildman–Crippen MR) is 92.8 cm³/mol. The zero-order chi connectivity index (χ0) is 17.3. The molecule has 0 amide bonds. The molecule has 0 aliphatic carbocycles. The lowest BCUT2D eigenvalue weighted by molar-refractivity contribution is -0.142. The van der Waals surface area contributed by atoms with Gasteiger partial charge < -0.3 is 5.11 Å². The smallest absolute Gasteiger partial charge is 0.308 e. The first-order valence-corrected chi connectivity index (χ1v) is 8.36. The molecule has 126 valence electrons. The van der Waals surface area contributed by atoms with E-state index in [1.807, 2.05) is 44.2 Å². The fraction of sp³-hybridized carbons (Fsp3) is 0.389. The van der Waals surface area contributed by atoms with E-state index in [-0.39, 0.29) is 11.8 Å². The van der Waals surface area contributed by atoms with E-state index in [9.17, 15) is 9.90 Å². The summed E-state index contributed by atoms with van der Waals surface area (Å²) in [5, 5.41) is 9.94. The van der Waals surface area contributed by atoms with E-state index >= 15 is 0 Å². The third kappa shape index (κ3) is 3.74. The molecule has 0 unspecified atom stereocenters. The first-order valence-electron chi connectivity index (χ1n) is 7.98. The minimum atomic E-state index is -0.717. The predicted octanol–water partition coefficient (Wildman–Crippen LogP) is 3.26. The van der Waals surface area contributed by atoms with Gasteiger partial charge >= 0.3 is 5.97 Å². The van der Waals surface area contributed by atoms with E-state index in [1.54, 1.807) is 0 Å². The highest BCUT2D eigenvalue weighted by molar-refractivity contribution is 6.30. The Kier molecular flexibility index (Phi) is 4.83. The summed E-state index contributed by atoms with van der Waals surface area (Å²) in [6.07, 6.45) is 0. The minimum Gasteiger partial charge on any atom is -0.481 e. The van der Waals surface area contributed by atoms with Crippen molar-refractivity contribution >= 4 is 17.6 Å². The summed E-state index contributed by atoms with van der Waals surface area (Å²) in [6.45, 7) is 5.91. The molecule has 1 N–H and O–H groups in total. The summed E-state index contributed by atoms with van der Waals surface area (Å²) in [6, 6.07) is 9.40. The van der Waals surface area contributed by atoms with Gasteiger partial charge in [-0.2, -0.15) is 0 Å². The van der Waals surface area contributed by atoms with Crippen LogP contribution < -0.4 is 0 Å². The van der Waals surface area contributed by atoms with Gasteiger partial charge in [0.05, 0.1) is 11.6 Å². The molecular formula is C18H20ClN3O2. The van der Waals surface area contributed by atoms with Crippen molar-refractivity contribution in [3.63, 3.8) is 0 Å². The fourth-order valence-electron chi connectivity index (χ4n) is 3.19. The maximum absolute atomic E-state index is 11.3. The van der Waals surface area contributed by atoms with Gasteiger partial charge in [-0.3, -0.25) is 9.69 Å². The number of benzene rings is 1. The van der Waals surface area contributed by atoms with Crippen molar-refractivity contribution in [1.29, 1.82) is 0 Å². The Labute approximate surface area is 146 Å². The zero-order valence-electron chi connectivity index (χ0n) is 13.7. The summed E-state index contributed by atoms with van der Waals surface area (Å²) in [5.74, 6) is -0.195. The monoisotopic (exact) mass is 345 g/mol. The largest absolute Gasteiger partial charge is 0.481 e. The van der Waals surface area contributed by atoms with Crippen molar-refractivity contribution in [2.24, 2.45) is 11.8 Å². The molecule has 2 atom stereocenters. The van der Waals surface area contributed by atoms with Gasteiger partial charge in [0, 0.05) is 35.9 Å². The second kappa shape index (κ2) is 6.87. The first kappa shape index (κ1) is 16.9. The molecule has 1 aliphatic rings. The van der Waals surface area contributed by atoms with Crippen molar-refractivity contribution in [3.8, 4) is 11.4 Å². The Morgan fingerprint density at radius 1 is 1.29 bits per heavy atom. The highest BCUT2D eigenvalue weighted by Gasteiger charge is 2.34. The van der Waals surface area contributed by atoms with Gasteiger partial charge in [-0.1, -0.05) is 18.5 Å². The molecule has 0 saturated carbocycles. The highest BCUT2D eigenvalue weighted by atomic mass is 35.5. The number of halogens is 1. The third-order valence-electron chi connectivity index (χ3n) is 4.40. The first-order chi connectivity index (χ1) is 11.4. The van der Waals surface area contributed by atoms with Crippen molar-refractivity contribution in [3.05, 3.63) is 46.7 Å². The minimum absolute atomic E-state index is 0.154. The van der Waals surface area contributed by atoms with Crippen LogP contribution in [0.3, 0.4) is 0 Å². The Bertz CT molecular complexity index is 748. The molecule has 2 aromatic rings. The molecule has 1 saturated heterocycles. The quantitative estimate of drug-likeness (QED) is 0.921. The topological polar surface area (TPSA) is 66.3 Å². The van der Waals surface area contributed by atoms with E-state index in [4.69, 9.17) is 11.6 Å². The number of aryl methyl sites for hydroxylation is 1. The van der Waals surface area contributed by atoms with Crippen LogP contribution in [0.15, 0.2) is 30.3 Å². The number of aromatic nitrogens is 2. The van der Waals surface area contributed by atoms with Crippen molar-refractivity contribution in [2.45, 2.75) is 20.4 Å². The number of nitrogens with zero attached hydrogens (tertiary/aromatic N) is 3. The van der Waals surface area contributed by atoms with Crippen LogP contribution in [-0.4, -0.2) is 39.0 Å². The van der Waals surface area contributed by atoms with Gasteiger partial charge in [0.15, 0.2) is 5.82 Å². The number of carboxylic acids is 1. The van der Waals surface area contributed by atoms with E-state index in [0.29, 0.717) is 23.9 Å². The van der Waals surface area contributed by atoms with Gasteiger partial charge in [-0.25, -0.2) is 9.97 Å². The number of aliphatic carboxylic acids is 1. The number of rotatable bonds is 4. The molecule has 1 aromatic heterocycles. The maximum Gasteiger partial charge on any atom is 0.308 e. The molecule has 0 spiro atoms. The van der Waals surface area contributed by atoms with E-state index in [2.05, 4.69) is 14.9 Å². The summed E-state index contributed by atoms with van der Waals surface area (Å²) >= 11 is 5.93. The number of carbonyl (C=O) groups is 1. The zero-order valence-corrected chi connectivity index (χ0v) is 14.5. The molecule has 1 aromatic carbocycles. The summed E-state index contributed by atoms with van der Waals surface area (Å²) in [5.41, 5.74) is 2.72. The molecule has 24 heavy (non-hydrogen) atoms. The van der Waals surface area contributed by atoms with Gasteiger partial charge in [-0.15, -0.1) is 0 Å². The molecule has 6 heteroatoms. The van der Waals surface area contributed by atoms with Crippen molar-refractivity contribution in [1.82, 2.24) is 14.9 Å². The molecule has 1 fully saturated rings. The lowest BCUT2D eigenvalue weighted by Gasteiger charge is -2.15. The van der Waals surface area contributed by atoms with Crippen LogP contribution in [0.2, 0.25) is 5.02 Å². The Hall–Kier alpha value is -1.98. The van der Waals surface area contributed by atoms with Crippen molar-refractivity contribution < 1.29 is 9.90 Å². The summed E-state index contributed by atoms with van der Waals surface area (Å²) in [7, 11) is 0. The second-order valence-electron chi connectivity index (χ2n) is 6.45. The van der Waals surface area contributed by atoms with Gasteiger partial charge in [0.25, 0.3) is 0 Å². The average Bonchev–Trinajstić information content (AvgIpc) is 2.88. The van der Waals surface area contributed by atoms with Crippen LogP contribution in [0.4, 0.5) is 0 Å². The second-order valence-corrected chi connectivity index (χ2v) is 6.88. The Morgan fingerprint density at radius 3 is 2.62 bits per heavy atom. The van der Waals surface area contributed by atoms with Crippen LogP contribution in [0.5, 0.6) is 0 Å². The molecule has 2 heterocycles. The number of hydrogen-bond acceptors (Lipinski definition) is 4. The Balaban J connectivity index is 1.80. The SMILES string of the molecule is Cc1cc(CN2C[C@@H](C)[C@H](C(=O)O)C2)nc(-c2ccc(Cl)cc2)n1. The van der Waals surface area contributed by atoms with E-state index in [0.717, 1.165) is 23.5 Å². The Morgan fingerprint density at radius 2 is 2.00 bits per heavy atom. The van der Waals surface area contributed by atoms with Crippen LogP contribution in [0.25, 0.3) is 11.4 Å². The van der Waals surface area contributed by atoms with Gasteiger partial charge in [-0.05, 0) is 43.2 Å². The van der Waals surface area contributed by atoms with Crippen LogP contribution in [0, 0.1) is 18.8 Å². The molecule has 1 aliphatic heterocycles. The molecule has 0 bridgehead atoms. The van der Waals surface area contributed by atoms with Crippen LogP contribution in [0.1, 0.15) is 18.3 Å². The lowest BCUT2D eigenvalue weighted by atomic mass is 9.99. The fourth-order valence-corrected chi connectivity index (χ4v) is 3.32. The average molecular weight is 346 g/mol. The number of hydrogen-bond donors (Lipinski definition) is 1. The van der Waals surface area contributed by atoms with Crippen LogP contribution >= 0.6 is 11.6 Å². The third-order valence-corrected chi connectivity index (χ3v) is 4.65. The number of carboxylic acid groups (broad SMARTS) is 1. The van der Waals surface area contributed by atoms with E-state index in [1.165, 1.54) is 0 Å². The summed E-state index contributed by atoms with van der Waals surface area (Å²) < 4.78 is 0. The standard InChI is InChI=1S/C18H20ClN3O2/c1-11-8-22(10-16(11)18(23)24)9-15-7-12(2)20-17(21-15)13-3-5-14(19)6-4-13/h3-7,11,16H,8-10H2,1-2H3,(H,23,24)/t11-,16-/m1/s1. The molecular weight excluding hydrogens is 326 g/mol. The van der Waals surface area contributed by atoms with Crippen LogP contribution in [-0.2, 0) is 11.3 Å². The van der Waals surface area contributed by atoms with Crippen molar-refractivity contribution in [2.75, 3.05) is 13.1 Å². The highest BCUT2D eigenvalue weighted by Crippen LogP contribution is 2.25. The molecule has 5 nitrogen and oxygen atoms in total. The maximum atomic E-state index is 11.3. The number of likely N-dealkylation sites (tertiary alicyclic amines) is 1. The van der Waals surface area contributed by atoms with Gasteiger partial charge in [0.2, 0.25) is 0 Å². The van der Waals surface area contributed by atoms with E-state index < -0.39 is 5.97 Å². The molecule has 3 rings (SSSR count). The normalized spacial score (nSPS) is 21.1. The van der Waals surface area contributed by atoms with Gasteiger partial charge in [0.1, 0.15) is 0 Å². The molecule has 0 radical (unpaired) electrons. The lowest BCUT2D eigenvalue weighted by Crippen LogP contribution is -2.23.